The molecule has 3 nitrogen and oxygen atoms in total. The highest BCUT2D eigenvalue weighted by Gasteiger charge is 2.32. The first kappa shape index (κ1) is 14.8. The van der Waals surface area contributed by atoms with Crippen molar-refractivity contribution in [3.8, 4) is 0 Å². The summed E-state index contributed by atoms with van der Waals surface area (Å²) in [5, 5.41) is 3.28. The molecule has 1 aromatic carbocycles. The molecule has 1 saturated carbocycles. The zero-order valence-corrected chi connectivity index (χ0v) is 12.3. The molecule has 2 rings (SSSR count). The van der Waals surface area contributed by atoms with E-state index in [4.69, 9.17) is 0 Å². The van der Waals surface area contributed by atoms with Crippen molar-refractivity contribution >= 4 is 11.7 Å². The molecule has 0 radical (unpaired) electrons. The van der Waals surface area contributed by atoms with Crippen LogP contribution in [0.2, 0.25) is 0 Å². The van der Waals surface area contributed by atoms with Gasteiger partial charge in [-0.05, 0) is 36.5 Å². The molecule has 0 heterocycles. The zero-order valence-electron chi connectivity index (χ0n) is 12.3. The van der Waals surface area contributed by atoms with Gasteiger partial charge in [-0.1, -0.05) is 26.7 Å². The van der Waals surface area contributed by atoms with Crippen molar-refractivity contribution in [3.63, 3.8) is 0 Å². The van der Waals surface area contributed by atoms with E-state index < -0.39 is 5.97 Å². The molecule has 20 heavy (non-hydrogen) atoms. The minimum absolute atomic E-state index is 0.131. The lowest BCUT2D eigenvalue weighted by Gasteiger charge is -2.39. The summed E-state index contributed by atoms with van der Waals surface area (Å²) in [4.78, 5) is 11.5. The highest BCUT2D eigenvalue weighted by atomic mass is 19.1. The van der Waals surface area contributed by atoms with Gasteiger partial charge in [-0.25, -0.2) is 9.18 Å². The molecule has 1 atom stereocenters. The van der Waals surface area contributed by atoms with E-state index in [0.717, 1.165) is 19.3 Å². The maximum Gasteiger partial charge on any atom is 0.337 e. The number of hydrogen-bond acceptors (Lipinski definition) is 3. The number of nitrogens with one attached hydrogen (secondary N) is 1. The van der Waals surface area contributed by atoms with Gasteiger partial charge >= 0.3 is 5.97 Å². The number of ether oxygens (including phenoxy) is 1. The Morgan fingerprint density at radius 3 is 2.80 bits per heavy atom. The zero-order chi connectivity index (χ0) is 14.8. The van der Waals surface area contributed by atoms with E-state index in [-0.39, 0.29) is 17.3 Å². The van der Waals surface area contributed by atoms with Crippen LogP contribution >= 0.6 is 0 Å². The standard InChI is InChI=1S/C16H22FNO2/c1-16(2)9-5-4-6-14(16)18-13-10-11(15(19)20-3)7-8-12(13)17/h7-8,10,14,18H,4-6,9H2,1-3H3. The molecule has 1 N–H and O–H groups in total. The quantitative estimate of drug-likeness (QED) is 0.850. The lowest BCUT2D eigenvalue weighted by atomic mass is 9.73. The SMILES string of the molecule is COC(=O)c1ccc(F)c(NC2CCCCC2(C)C)c1. The third-order valence-electron chi connectivity index (χ3n) is 4.22. The molecule has 1 aromatic rings. The van der Waals surface area contributed by atoms with E-state index in [1.54, 1.807) is 0 Å². The first-order valence-electron chi connectivity index (χ1n) is 7.08. The molecule has 1 fully saturated rings. The number of hydrogen-bond donors (Lipinski definition) is 1. The van der Waals surface area contributed by atoms with Gasteiger partial charge in [-0.2, -0.15) is 0 Å². The summed E-state index contributed by atoms with van der Waals surface area (Å²) in [5.74, 6) is -0.782. The van der Waals surface area contributed by atoms with Gasteiger partial charge in [-0.15, -0.1) is 0 Å². The van der Waals surface area contributed by atoms with Gasteiger partial charge in [0.05, 0.1) is 18.4 Å². The monoisotopic (exact) mass is 279 g/mol. The van der Waals surface area contributed by atoms with Crippen molar-refractivity contribution in [2.24, 2.45) is 5.41 Å². The van der Waals surface area contributed by atoms with Crippen LogP contribution in [0.3, 0.4) is 0 Å². The largest absolute Gasteiger partial charge is 0.465 e. The highest BCUT2D eigenvalue weighted by molar-refractivity contribution is 5.90. The minimum atomic E-state index is -0.448. The Morgan fingerprint density at radius 2 is 2.15 bits per heavy atom. The van der Waals surface area contributed by atoms with Crippen LogP contribution in [0.5, 0.6) is 0 Å². The van der Waals surface area contributed by atoms with Crippen LogP contribution in [0.1, 0.15) is 49.9 Å². The van der Waals surface area contributed by atoms with Crippen molar-refractivity contribution < 1.29 is 13.9 Å². The van der Waals surface area contributed by atoms with Gasteiger partial charge in [0.2, 0.25) is 0 Å². The van der Waals surface area contributed by atoms with Crippen LogP contribution in [0.4, 0.5) is 10.1 Å². The molecule has 0 saturated heterocycles. The summed E-state index contributed by atoms with van der Waals surface area (Å²) >= 11 is 0. The molecule has 0 aromatic heterocycles. The first-order chi connectivity index (χ1) is 9.44. The molecule has 1 aliphatic carbocycles. The molecule has 4 heteroatoms. The maximum atomic E-state index is 13.9. The van der Waals surface area contributed by atoms with Crippen LogP contribution in [0.25, 0.3) is 0 Å². The Balaban J connectivity index is 2.21. The normalized spacial score (nSPS) is 21.3. The molecule has 1 aliphatic rings. The number of carbonyl (C=O) groups is 1. The molecule has 0 spiro atoms. The number of methoxy groups -OCH3 is 1. The second kappa shape index (κ2) is 5.81. The molecular formula is C16H22FNO2. The maximum absolute atomic E-state index is 13.9. The summed E-state index contributed by atoms with van der Waals surface area (Å²) in [6.07, 6.45) is 4.52. The molecule has 1 unspecified atom stereocenters. The average Bonchev–Trinajstić information content (AvgIpc) is 2.42. The lowest BCUT2D eigenvalue weighted by Crippen LogP contribution is -2.39. The first-order valence-corrected chi connectivity index (χ1v) is 7.08. The van der Waals surface area contributed by atoms with Gasteiger partial charge in [0.25, 0.3) is 0 Å². The van der Waals surface area contributed by atoms with Crippen LogP contribution in [0, 0.1) is 11.2 Å². The van der Waals surface area contributed by atoms with E-state index in [1.165, 1.54) is 31.7 Å². The smallest absolute Gasteiger partial charge is 0.337 e. The lowest BCUT2D eigenvalue weighted by molar-refractivity contribution is 0.0600. The van der Waals surface area contributed by atoms with E-state index in [0.29, 0.717) is 11.3 Å². The Hall–Kier alpha value is -1.58. The fourth-order valence-corrected chi connectivity index (χ4v) is 2.83. The third kappa shape index (κ3) is 3.11. The van der Waals surface area contributed by atoms with Gasteiger partial charge in [0.1, 0.15) is 5.82 Å². The number of anilines is 1. The van der Waals surface area contributed by atoms with Crippen molar-refractivity contribution in [1.82, 2.24) is 0 Å². The summed E-state index contributed by atoms with van der Waals surface area (Å²) in [5.41, 5.74) is 0.879. The Morgan fingerprint density at radius 1 is 1.40 bits per heavy atom. The predicted octanol–water partition coefficient (Wildman–Crippen LogP) is 3.99. The summed E-state index contributed by atoms with van der Waals surface area (Å²) in [6.45, 7) is 4.40. The summed E-state index contributed by atoms with van der Waals surface area (Å²) in [7, 11) is 1.32. The van der Waals surface area contributed by atoms with E-state index in [1.807, 2.05) is 0 Å². The minimum Gasteiger partial charge on any atom is -0.465 e. The van der Waals surface area contributed by atoms with Crippen molar-refractivity contribution in [2.75, 3.05) is 12.4 Å². The topological polar surface area (TPSA) is 38.3 Å². The van der Waals surface area contributed by atoms with Crippen LogP contribution in [-0.4, -0.2) is 19.1 Å². The van der Waals surface area contributed by atoms with E-state index in [9.17, 15) is 9.18 Å². The Bertz CT molecular complexity index is 499. The van der Waals surface area contributed by atoms with Crippen molar-refractivity contribution in [3.05, 3.63) is 29.6 Å². The molecule has 0 amide bonds. The summed E-state index contributed by atoms with van der Waals surface area (Å²) < 4.78 is 18.6. The van der Waals surface area contributed by atoms with Crippen molar-refractivity contribution in [1.29, 1.82) is 0 Å². The van der Waals surface area contributed by atoms with Crippen LogP contribution < -0.4 is 5.32 Å². The van der Waals surface area contributed by atoms with E-state index in [2.05, 4.69) is 23.9 Å². The molecular weight excluding hydrogens is 257 g/mol. The Kier molecular flexibility index (Phi) is 4.31. The number of halogens is 1. The fraction of sp³-hybridized carbons (Fsp3) is 0.562. The van der Waals surface area contributed by atoms with Crippen LogP contribution in [0.15, 0.2) is 18.2 Å². The van der Waals surface area contributed by atoms with E-state index >= 15 is 0 Å². The molecule has 0 bridgehead atoms. The van der Waals surface area contributed by atoms with Crippen molar-refractivity contribution in [2.45, 2.75) is 45.6 Å². The van der Waals surface area contributed by atoms with Gasteiger partial charge < -0.3 is 10.1 Å². The fourth-order valence-electron chi connectivity index (χ4n) is 2.83. The molecule has 0 aliphatic heterocycles. The molecule has 110 valence electrons. The van der Waals surface area contributed by atoms with Gasteiger partial charge in [0.15, 0.2) is 0 Å². The average molecular weight is 279 g/mol. The number of benzene rings is 1. The van der Waals surface area contributed by atoms with Gasteiger partial charge in [0, 0.05) is 6.04 Å². The number of esters is 1. The number of carbonyl (C=O) groups excluding carboxylic acids is 1. The summed E-state index contributed by atoms with van der Waals surface area (Å²) in [6, 6.07) is 4.51. The third-order valence-corrected chi connectivity index (χ3v) is 4.22. The van der Waals surface area contributed by atoms with Crippen LogP contribution in [-0.2, 0) is 4.74 Å². The number of rotatable bonds is 3. The second-order valence-corrected chi connectivity index (χ2v) is 6.12. The predicted molar refractivity (Wildman–Crippen MR) is 77.4 cm³/mol. The Labute approximate surface area is 119 Å². The van der Waals surface area contributed by atoms with Gasteiger partial charge in [-0.3, -0.25) is 0 Å². The second-order valence-electron chi connectivity index (χ2n) is 6.12. The highest BCUT2D eigenvalue weighted by Crippen LogP contribution is 2.37.